The predicted octanol–water partition coefficient (Wildman–Crippen LogP) is 0.122. The lowest BCUT2D eigenvalue weighted by Crippen LogP contribution is -2.31. The Bertz CT molecular complexity index is 509. The molecule has 8 heteroatoms. The van der Waals surface area contributed by atoms with Crippen molar-refractivity contribution in [2.45, 2.75) is 30.7 Å². The highest BCUT2D eigenvalue weighted by atomic mass is 32.2. The molecule has 7 nitrogen and oxygen atoms in total. The van der Waals surface area contributed by atoms with Gasteiger partial charge in [-0.2, -0.15) is 5.10 Å². The molecule has 0 aliphatic carbocycles. The summed E-state index contributed by atoms with van der Waals surface area (Å²) in [6.45, 7) is 5.19. The van der Waals surface area contributed by atoms with E-state index in [9.17, 15) is 8.42 Å². The van der Waals surface area contributed by atoms with Gasteiger partial charge in [0.1, 0.15) is 4.90 Å². The van der Waals surface area contributed by atoms with E-state index in [0.29, 0.717) is 26.3 Å². The minimum Gasteiger partial charge on any atom is -0.381 e. The highest BCUT2D eigenvalue weighted by molar-refractivity contribution is 7.89. The van der Waals surface area contributed by atoms with Crippen LogP contribution in [0.3, 0.4) is 0 Å². The molecule has 0 saturated carbocycles. The van der Waals surface area contributed by atoms with Crippen molar-refractivity contribution in [1.82, 2.24) is 19.8 Å². The van der Waals surface area contributed by atoms with E-state index in [0.717, 1.165) is 19.4 Å². The molecule has 0 atom stereocenters. The number of ether oxygens (including phenoxy) is 1. The van der Waals surface area contributed by atoms with Crippen molar-refractivity contribution in [3.8, 4) is 0 Å². The van der Waals surface area contributed by atoms with Crippen molar-refractivity contribution in [2.24, 2.45) is 0 Å². The van der Waals surface area contributed by atoms with Gasteiger partial charge in [-0.3, -0.25) is 4.68 Å². The van der Waals surface area contributed by atoms with Gasteiger partial charge in [0.15, 0.2) is 0 Å². The molecule has 2 heterocycles. The first-order valence-electron chi connectivity index (χ1n) is 6.96. The van der Waals surface area contributed by atoms with Gasteiger partial charge in [-0.15, -0.1) is 0 Å². The lowest BCUT2D eigenvalue weighted by atomic mass is 10.1. The highest BCUT2D eigenvalue weighted by Gasteiger charge is 2.20. The Morgan fingerprint density at radius 1 is 1.40 bits per heavy atom. The Morgan fingerprint density at radius 2 is 2.15 bits per heavy atom. The van der Waals surface area contributed by atoms with Gasteiger partial charge >= 0.3 is 0 Å². The fraction of sp³-hybridized carbons (Fsp3) is 0.750. The monoisotopic (exact) mass is 302 g/mol. The number of hydrogen-bond donors (Lipinski definition) is 2. The second-order valence-electron chi connectivity index (χ2n) is 4.75. The number of likely N-dealkylation sites (N-methyl/N-ethyl adjacent to an activating group) is 1. The maximum Gasteiger partial charge on any atom is 0.243 e. The Kier molecular flexibility index (Phi) is 5.53. The van der Waals surface area contributed by atoms with Gasteiger partial charge in [-0.1, -0.05) is 6.92 Å². The smallest absolute Gasteiger partial charge is 0.243 e. The van der Waals surface area contributed by atoms with Crippen LogP contribution in [0.15, 0.2) is 17.3 Å². The molecular weight excluding hydrogens is 280 g/mol. The number of rotatable bonds is 7. The number of nitrogens with one attached hydrogen (secondary N) is 2. The molecule has 1 aromatic heterocycles. The minimum absolute atomic E-state index is 0.223. The second-order valence-corrected chi connectivity index (χ2v) is 6.52. The zero-order chi connectivity index (χ0) is 14.4. The van der Waals surface area contributed by atoms with Gasteiger partial charge in [-0.25, -0.2) is 13.1 Å². The number of hydrogen-bond acceptors (Lipinski definition) is 5. The summed E-state index contributed by atoms with van der Waals surface area (Å²) >= 11 is 0. The van der Waals surface area contributed by atoms with Crippen molar-refractivity contribution in [2.75, 3.05) is 32.8 Å². The quantitative estimate of drug-likeness (QED) is 0.699. The first-order chi connectivity index (χ1) is 9.63. The molecule has 114 valence electrons. The van der Waals surface area contributed by atoms with Gasteiger partial charge in [0.2, 0.25) is 10.0 Å². The average Bonchev–Trinajstić information content (AvgIpc) is 2.95. The maximum absolute atomic E-state index is 12.1. The van der Waals surface area contributed by atoms with Gasteiger partial charge in [-0.05, 0) is 19.4 Å². The normalized spacial score (nSPS) is 17.4. The Hall–Kier alpha value is -0.960. The summed E-state index contributed by atoms with van der Waals surface area (Å²) < 4.78 is 33.7. The predicted molar refractivity (Wildman–Crippen MR) is 75.0 cm³/mol. The standard InChI is InChI=1S/C12H22N4O3S/c1-2-13-5-6-15-20(17,18)12-9-14-16(10-12)11-3-7-19-8-4-11/h9-11,13,15H,2-8H2,1H3. The minimum atomic E-state index is -3.46. The molecular formula is C12H22N4O3S. The Labute approximate surface area is 119 Å². The van der Waals surface area contributed by atoms with Crippen molar-refractivity contribution >= 4 is 10.0 Å². The average molecular weight is 302 g/mol. The summed E-state index contributed by atoms with van der Waals surface area (Å²) in [5.74, 6) is 0. The molecule has 1 saturated heterocycles. The van der Waals surface area contributed by atoms with E-state index in [1.807, 2.05) is 6.92 Å². The van der Waals surface area contributed by atoms with Crippen LogP contribution < -0.4 is 10.0 Å². The molecule has 2 N–H and O–H groups in total. The van der Waals surface area contributed by atoms with E-state index in [4.69, 9.17) is 4.74 Å². The van der Waals surface area contributed by atoms with Crippen molar-refractivity contribution < 1.29 is 13.2 Å². The molecule has 0 radical (unpaired) electrons. The van der Waals surface area contributed by atoms with Crippen LogP contribution in [0.4, 0.5) is 0 Å². The van der Waals surface area contributed by atoms with Crippen LogP contribution in [0.5, 0.6) is 0 Å². The third-order valence-corrected chi connectivity index (χ3v) is 4.71. The Balaban J connectivity index is 1.96. The van der Waals surface area contributed by atoms with Crippen molar-refractivity contribution in [1.29, 1.82) is 0 Å². The summed E-state index contributed by atoms with van der Waals surface area (Å²) in [7, 11) is -3.46. The first-order valence-corrected chi connectivity index (χ1v) is 8.44. The fourth-order valence-electron chi connectivity index (χ4n) is 2.14. The summed E-state index contributed by atoms with van der Waals surface area (Å²) in [6, 6.07) is 0.231. The van der Waals surface area contributed by atoms with Gasteiger partial charge in [0, 0.05) is 32.5 Å². The third kappa shape index (κ3) is 4.02. The van der Waals surface area contributed by atoms with E-state index in [1.54, 1.807) is 10.9 Å². The Morgan fingerprint density at radius 3 is 2.85 bits per heavy atom. The zero-order valence-corrected chi connectivity index (χ0v) is 12.5. The fourth-order valence-corrected chi connectivity index (χ4v) is 3.11. The first kappa shape index (κ1) is 15.4. The molecule has 20 heavy (non-hydrogen) atoms. The van der Waals surface area contributed by atoms with Crippen molar-refractivity contribution in [3.05, 3.63) is 12.4 Å². The lowest BCUT2D eigenvalue weighted by Gasteiger charge is -2.22. The van der Waals surface area contributed by atoms with E-state index >= 15 is 0 Å². The summed E-state index contributed by atoms with van der Waals surface area (Å²) in [5.41, 5.74) is 0. The molecule has 0 spiro atoms. The van der Waals surface area contributed by atoms with Crippen LogP contribution in [-0.4, -0.2) is 51.0 Å². The number of sulfonamides is 1. The largest absolute Gasteiger partial charge is 0.381 e. The van der Waals surface area contributed by atoms with Crippen LogP contribution in [0.2, 0.25) is 0 Å². The van der Waals surface area contributed by atoms with E-state index in [2.05, 4.69) is 15.1 Å². The third-order valence-electron chi connectivity index (χ3n) is 3.30. The maximum atomic E-state index is 12.1. The zero-order valence-electron chi connectivity index (χ0n) is 11.7. The van der Waals surface area contributed by atoms with Gasteiger partial charge in [0.05, 0.1) is 12.2 Å². The van der Waals surface area contributed by atoms with E-state index in [-0.39, 0.29) is 10.9 Å². The molecule has 1 aromatic rings. The molecule has 0 bridgehead atoms. The topological polar surface area (TPSA) is 85.3 Å². The van der Waals surface area contributed by atoms with Gasteiger partial charge < -0.3 is 10.1 Å². The number of nitrogens with zero attached hydrogens (tertiary/aromatic N) is 2. The molecule has 0 unspecified atom stereocenters. The SMILES string of the molecule is CCNCCNS(=O)(=O)c1cnn(C2CCOCC2)c1. The number of aromatic nitrogens is 2. The van der Waals surface area contributed by atoms with Crippen LogP contribution in [0, 0.1) is 0 Å². The molecule has 1 aliphatic rings. The molecule has 0 amide bonds. The van der Waals surface area contributed by atoms with E-state index in [1.165, 1.54) is 6.20 Å². The summed E-state index contributed by atoms with van der Waals surface area (Å²) in [4.78, 5) is 0.223. The van der Waals surface area contributed by atoms with E-state index < -0.39 is 10.0 Å². The summed E-state index contributed by atoms with van der Waals surface area (Å²) in [5, 5.41) is 7.24. The van der Waals surface area contributed by atoms with Crippen LogP contribution in [-0.2, 0) is 14.8 Å². The second kappa shape index (κ2) is 7.16. The van der Waals surface area contributed by atoms with Crippen LogP contribution >= 0.6 is 0 Å². The van der Waals surface area contributed by atoms with Gasteiger partial charge in [0.25, 0.3) is 0 Å². The highest BCUT2D eigenvalue weighted by Crippen LogP contribution is 2.21. The van der Waals surface area contributed by atoms with Crippen LogP contribution in [0.25, 0.3) is 0 Å². The lowest BCUT2D eigenvalue weighted by molar-refractivity contribution is 0.0662. The molecule has 1 fully saturated rings. The summed E-state index contributed by atoms with van der Waals surface area (Å²) in [6.07, 6.45) is 4.75. The molecule has 0 aromatic carbocycles. The molecule has 2 rings (SSSR count). The molecule has 1 aliphatic heterocycles. The van der Waals surface area contributed by atoms with Crippen LogP contribution in [0.1, 0.15) is 25.8 Å². The van der Waals surface area contributed by atoms with Crippen molar-refractivity contribution in [3.63, 3.8) is 0 Å².